The van der Waals surface area contributed by atoms with Gasteiger partial charge in [-0.15, -0.1) is 11.3 Å². The smallest absolute Gasteiger partial charge is 0.272 e. The first-order valence-corrected chi connectivity index (χ1v) is 11.0. The predicted molar refractivity (Wildman–Crippen MR) is 115 cm³/mol. The molecule has 1 unspecified atom stereocenters. The average Bonchev–Trinajstić information content (AvgIpc) is 3.35. The van der Waals surface area contributed by atoms with Crippen molar-refractivity contribution in [3.8, 4) is 0 Å². The Morgan fingerprint density at radius 1 is 1.33 bits per heavy atom. The van der Waals surface area contributed by atoms with E-state index in [9.17, 15) is 19.7 Å². The van der Waals surface area contributed by atoms with Gasteiger partial charge in [-0.2, -0.15) is 0 Å². The predicted octanol–water partition coefficient (Wildman–Crippen LogP) is 3.41. The lowest BCUT2D eigenvalue weighted by molar-refractivity contribution is -0.385. The van der Waals surface area contributed by atoms with Crippen LogP contribution in [0.1, 0.15) is 52.3 Å². The molecule has 0 bridgehead atoms. The first-order valence-electron chi connectivity index (χ1n) is 10.1. The molecule has 0 saturated carbocycles. The van der Waals surface area contributed by atoms with E-state index in [0.29, 0.717) is 30.6 Å². The first-order chi connectivity index (χ1) is 14.4. The van der Waals surface area contributed by atoms with Crippen molar-refractivity contribution in [1.29, 1.82) is 0 Å². The molecule has 0 aliphatic carbocycles. The Kier molecular flexibility index (Phi) is 7.15. The van der Waals surface area contributed by atoms with Crippen LogP contribution in [0.2, 0.25) is 0 Å². The normalized spacial score (nSPS) is 15.9. The maximum atomic E-state index is 12.9. The van der Waals surface area contributed by atoms with E-state index >= 15 is 0 Å². The highest BCUT2D eigenvalue weighted by Gasteiger charge is 2.34. The van der Waals surface area contributed by atoms with Gasteiger partial charge in [0.05, 0.1) is 9.93 Å². The van der Waals surface area contributed by atoms with E-state index in [-0.39, 0.29) is 17.5 Å². The van der Waals surface area contributed by atoms with Gasteiger partial charge in [0.1, 0.15) is 6.04 Å². The number of rotatable bonds is 8. The van der Waals surface area contributed by atoms with E-state index in [4.69, 9.17) is 0 Å². The third-order valence-electron chi connectivity index (χ3n) is 5.24. The van der Waals surface area contributed by atoms with Crippen molar-refractivity contribution in [2.45, 2.75) is 52.0 Å². The number of nitro benzene ring substituents is 1. The highest BCUT2D eigenvalue weighted by molar-refractivity contribution is 7.09. The van der Waals surface area contributed by atoms with Crippen LogP contribution in [0.15, 0.2) is 23.6 Å². The van der Waals surface area contributed by atoms with Gasteiger partial charge in [-0.05, 0) is 58.1 Å². The molecular weight excluding hydrogens is 404 g/mol. The van der Waals surface area contributed by atoms with Crippen molar-refractivity contribution in [2.24, 2.45) is 0 Å². The SMILES string of the molecule is Cc1csc(CCCCNC(=O)C2CCCN2C(=O)c2ccc([N+](=O)[O-])c(C)c2)n1. The van der Waals surface area contributed by atoms with Gasteiger partial charge in [0.2, 0.25) is 5.91 Å². The van der Waals surface area contributed by atoms with Gasteiger partial charge < -0.3 is 10.2 Å². The van der Waals surface area contributed by atoms with E-state index in [1.807, 2.05) is 12.3 Å². The molecular formula is C21H26N4O4S. The maximum absolute atomic E-state index is 12.9. The third-order valence-corrected chi connectivity index (χ3v) is 6.27. The molecule has 2 heterocycles. The molecule has 160 valence electrons. The molecule has 8 nitrogen and oxygen atoms in total. The number of thiazole rings is 1. The molecule has 30 heavy (non-hydrogen) atoms. The lowest BCUT2D eigenvalue weighted by atomic mass is 10.1. The lowest BCUT2D eigenvalue weighted by Gasteiger charge is -2.24. The number of likely N-dealkylation sites (tertiary alicyclic amines) is 1. The molecule has 1 aromatic heterocycles. The molecule has 9 heteroatoms. The number of nitro groups is 1. The molecule has 0 radical (unpaired) electrons. The van der Waals surface area contributed by atoms with Gasteiger partial charge in [-0.25, -0.2) is 4.98 Å². The van der Waals surface area contributed by atoms with Crippen molar-refractivity contribution in [2.75, 3.05) is 13.1 Å². The number of hydrogen-bond acceptors (Lipinski definition) is 6. The van der Waals surface area contributed by atoms with Crippen LogP contribution in [-0.4, -0.2) is 45.8 Å². The van der Waals surface area contributed by atoms with Gasteiger partial charge in [0.25, 0.3) is 11.6 Å². The number of carbonyl (C=O) groups excluding carboxylic acids is 2. The molecule has 1 aromatic carbocycles. The quantitative estimate of drug-likeness (QED) is 0.392. The second-order valence-electron chi connectivity index (χ2n) is 7.55. The van der Waals surface area contributed by atoms with Crippen LogP contribution in [0.5, 0.6) is 0 Å². The highest BCUT2D eigenvalue weighted by atomic mass is 32.1. The Balaban J connectivity index is 1.51. The Hall–Kier alpha value is -2.81. The third kappa shape index (κ3) is 5.21. The van der Waals surface area contributed by atoms with Crippen molar-refractivity contribution in [3.63, 3.8) is 0 Å². The fraction of sp³-hybridized carbons (Fsp3) is 0.476. The summed E-state index contributed by atoms with van der Waals surface area (Å²) in [5, 5.41) is 17.1. The van der Waals surface area contributed by atoms with Crippen LogP contribution in [0.4, 0.5) is 5.69 Å². The van der Waals surface area contributed by atoms with Crippen molar-refractivity contribution in [3.05, 3.63) is 55.5 Å². The summed E-state index contributed by atoms with van der Waals surface area (Å²) in [6.07, 6.45) is 4.10. The minimum absolute atomic E-state index is 0.0184. The van der Waals surface area contributed by atoms with Crippen molar-refractivity contribution >= 4 is 28.8 Å². The first kappa shape index (κ1) is 21.9. The second-order valence-corrected chi connectivity index (χ2v) is 8.49. The van der Waals surface area contributed by atoms with Gasteiger partial charge >= 0.3 is 0 Å². The summed E-state index contributed by atoms with van der Waals surface area (Å²) in [7, 11) is 0. The lowest BCUT2D eigenvalue weighted by Crippen LogP contribution is -2.46. The maximum Gasteiger partial charge on any atom is 0.272 e. The molecule has 2 aromatic rings. The van der Waals surface area contributed by atoms with Crippen LogP contribution in [0.3, 0.4) is 0 Å². The molecule has 1 fully saturated rings. The summed E-state index contributed by atoms with van der Waals surface area (Å²) in [6.45, 7) is 4.66. The largest absolute Gasteiger partial charge is 0.354 e. The summed E-state index contributed by atoms with van der Waals surface area (Å²) >= 11 is 1.66. The van der Waals surface area contributed by atoms with Gasteiger partial charge in [-0.3, -0.25) is 19.7 Å². The van der Waals surface area contributed by atoms with Gasteiger partial charge in [-0.1, -0.05) is 0 Å². The average molecular weight is 431 g/mol. The number of nitrogens with zero attached hydrogens (tertiary/aromatic N) is 3. The van der Waals surface area contributed by atoms with Gasteiger partial charge in [0.15, 0.2) is 0 Å². The Bertz CT molecular complexity index is 943. The van der Waals surface area contributed by atoms with E-state index in [1.165, 1.54) is 18.2 Å². The number of nitrogens with one attached hydrogen (secondary N) is 1. The van der Waals surface area contributed by atoms with Crippen LogP contribution >= 0.6 is 11.3 Å². The monoisotopic (exact) mass is 430 g/mol. The van der Waals surface area contributed by atoms with Gasteiger partial charge in [0, 0.05) is 41.4 Å². The molecule has 1 atom stereocenters. The zero-order valence-corrected chi connectivity index (χ0v) is 18.0. The molecule has 1 N–H and O–H groups in total. The summed E-state index contributed by atoms with van der Waals surface area (Å²) in [4.78, 5) is 42.1. The van der Waals surface area contributed by atoms with Crippen LogP contribution in [0.25, 0.3) is 0 Å². The molecule has 2 amide bonds. The Morgan fingerprint density at radius 2 is 2.13 bits per heavy atom. The number of unbranched alkanes of at least 4 members (excludes halogenated alkanes) is 1. The number of benzene rings is 1. The van der Waals surface area contributed by atoms with Crippen molar-refractivity contribution < 1.29 is 14.5 Å². The van der Waals surface area contributed by atoms with Crippen molar-refractivity contribution in [1.82, 2.24) is 15.2 Å². The summed E-state index contributed by atoms with van der Waals surface area (Å²) < 4.78 is 0. The minimum atomic E-state index is -0.491. The molecule has 1 aliphatic rings. The zero-order chi connectivity index (χ0) is 21.7. The van der Waals surface area contributed by atoms with E-state index < -0.39 is 11.0 Å². The fourth-order valence-electron chi connectivity index (χ4n) is 3.69. The zero-order valence-electron chi connectivity index (χ0n) is 17.2. The summed E-state index contributed by atoms with van der Waals surface area (Å²) in [6, 6.07) is 3.84. The number of hydrogen-bond donors (Lipinski definition) is 1. The molecule has 3 rings (SSSR count). The standard InChI is InChI=1S/C21H26N4O4S/c1-14-12-16(8-9-17(14)25(28)29)21(27)24-11-5-6-18(24)20(26)22-10-4-3-7-19-23-15(2)13-30-19/h8-9,12-13,18H,3-7,10-11H2,1-2H3,(H,22,26). The Morgan fingerprint density at radius 3 is 2.80 bits per heavy atom. The van der Waals surface area contributed by atoms with E-state index in [1.54, 1.807) is 23.2 Å². The highest BCUT2D eigenvalue weighted by Crippen LogP contribution is 2.24. The van der Waals surface area contributed by atoms with Crippen LogP contribution < -0.4 is 5.32 Å². The topological polar surface area (TPSA) is 105 Å². The van der Waals surface area contributed by atoms with E-state index in [2.05, 4.69) is 10.3 Å². The molecule has 0 spiro atoms. The molecule has 1 aliphatic heterocycles. The van der Waals surface area contributed by atoms with Crippen LogP contribution in [-0.2, 0) is 11.2 Å². The minimum Gasteiger partial charge on any atom is -0.354 e. The number of amides is 2. The summed E-state index contributed by atoms with van der Waals surface area (Å²) in [5.41, 5.74) is 1.82. The number of aryl methyl sites for hydroxylation is 3. The summed E-state index contributed by atoms with van der Waals surface area (Å²) in [5.74, 6) is -0.394. The second kappa shape index (κ2) is 9.80. The van der Waals surface area contributed by atoms with E-state index in [0.717, 1.165) is 36.4 Å². The number of aromatic nitrogens is 1. The number of carbonyl (C=O) groups is 2. The Labute approximate surface area is 179 Å². The fourth-order valence-corrected chi connectivity index (χ4v) is 4.51. The molecule has 1 saturated heterocycles. The van der Waals surface area contributed by atoms with Crippen LogP contribution in [0, 0.1) is 24.0 Å².